The average molecular weight is 222 g/mol. The summed E-state index contributed by atoms with van der Waals surface area (Å²) in [5.41, 5.74) is 1.03. The van der Waals surface area contributed by atoms with Crippen molar-refractivity contribution in [3.05, 3.63) is 36.2 Å². The smallest absolute Gasteiger partial charge is 0.119 e. The molecule has 0 bridgehead atoms. The molecule has 1 heterocycles. The van der Waals surface area contributed by atoms with Crippen LogP contribution >= 0.6 is 11.6 Å². The van der Waals surface area contributed by atoms with Crippen molar-refractivity contribution in [3.63, 3.8) is 0 Å². The highest BCUT2D eigenvalue weighted by Gasteiger charge is 2.03. The highest BCUT2D eigenvalue weighted by molar-refractivity contribution is 6.18. The summed E-state index contributed by atoms with van der Waals surface area (Å²) in [5.74, 6) is 1.44. The van der Waals surface area contributed by atoms with Gasteiger partial charge in [-0.05, 0) is 23.6 Å². The Morgan fingerprint density at radius 2 is 2.20 bits per heavy atom. The summed E-state index contributed by atoms with van der Waals surface area (Å²) in [6.45, 7) is 0. The van der Waals surface area contributed by atoms with Gasteiger partial charge in [0.1, 0.15) is 5.75 Å². The maximum absolute atomic E-state index is 5.74. The molecule has 1 aromatic heterocycles. The van der Waals surface area contributed by atoms with Crippen LogP contribution < -0.4 is 4.74 Å². The second kappa shape index (κ2) is 4.49. The quantitative estimate of drug-likeness (QED) is 0.744. The number of pyridine rings is 1. The first-order chi connectivity index (χ1) is 7.35. The van der Waals surface area contributed by atoms with Crippen LogP contribution in [0.25, 0.3) is 10.8 Å². The molecule has 0 amide bonds. The minimum atomic E-state index is 0.587. The normalized spacial score (nSPS) is 10.5. The number of ether oxygens (including phenoxy) is 1. The SMILES string of the molecule is COc1ccc2ccnc(CCCl)c2c1. The summed E-state index contributed by atoms with van der Waals surface area (Å²) in [6, 6.07) is 7.98. The molecule has 0 radical (unpaired) electrons. The maximum atomic E-state index is 5.74. The van der Waals surface area contributed by atoms with Crippen LogP contribution in [0.3, 0.4) is 0 Å². The van der Waals surface area contributed by atoms with E-state index in [9.17, 15) is 0 Å². The van der Waals surface area contributed by atoms with E-state index in [-0.39, 0.29) is 0 Å². The summed E-state index contributed by atoms with van der Waals surface area (Å²) >= 11 is 5.74. The number of aromatic nitrogens is 1. The van der Waals surface area contributed by atoms with Crippen LogP contribution in [-0.4, -0.2) is 18.0 Å². The van der Waals surface area contributed by atoms with E-state index in [2.05, 4.69) is 4.98 Å². The van der Waals surface area contributed by atoms with Gasteiger partial charge in [-0.2, -0.15) is 0 Å². The molecule has 0 aliphatic carbocycles. The van der Waals surface area contributed by atoms with Gasteiger partial charge in [-0.1, -0.05) is 6.07 Å². The fraction of sp³-hybridized carbons (Fsp3) is 0.250. The van der Waals surface area contributed by atoms with Gasteiger partial charge in [-0.25, -0.2) is 0 Å². The Morgan fingerprint density at radius 3 is 2.93 bits per heavy atom. The van der Waals surface area contributed by atoms with Crippen molar-refractivity contribution < 1.29 is 4.74 Å². The lowest BCUT2D eigenvalue weighted by Gasteiger charge is -2.06. The number of methoxy groups -OCH3 is 1. The van der Waals surface area contributed by atoms with Gasteiger partial charge in [-0.3, -0.25) is 4.98 Å². The van der Waals surface area contributed by atoms with Gasteiger partial charge in [0.2, 0.25) is 0 Å². The van der Waals surface area contributed by atoms with E-state index in [0.29, 0.717) is 5.88 Å². The van der Waals surface area contributed by atoms with E-state index in [4.69, 9.17) is 16.3 Å². The first-order valence-electron chi connectivity index (χ1n) is 4.83. The van der Waals surface area contributed by atoms with Crippen molar-refractivity contribution in [2.45, 2.75) is 6.42 Å². The molecule has 0 saturated heterocycles. The monoisotopic (exact) mass is 221 g/mol. The molecular weight excluding hydrogens is 210 g/mol. The zero-order valence-corrected chi connectivity index (χ0v) is 9.29. The lowest BCUT2D eigenvalue weighted by molar-refractivity contribution is 0.415. The van der Waals surface area contributed by atoms with Gasteiger partial charge in [-0.15, -0.1) is 11.6 Å². The Labute approximate surface area is 93.8 Å². The molecule has 15 heavy (non-hydrogen) atoms. The second-order valence-electron chi connectivity index (χ2n) is 3.28. The number of fused-ring (bicyclic) bond motifs is 1. The number of benzene rings is 1. The fourth-order valence-electron chi connectivity index (χ4n) is 1.62. The van der Waals surface area contributed by atoms with Gasteiger partial charge in [0, 0.05) is 29.6 Å². The summed E-state index contributed by atoms with van der Waals surface area (Å²) < 4.78 is 5.19. The molecule has 0 fully saturated rings. The third-order valence-corrected chi connectivity index (χ3v) is 2.58. The summed E-state index contributed by atoms with van der Waals surface area (Å²) in [4.78, 5) is 4.33. The van der Waals surface area contributed by atoms with Crippen LogP contribution in [-0.2, 0) is 6.42 Å². The van der Waals surface area contributed by atoms with Crippen molar-refractivity contribution in [1.29, 1.82) is 0 Å². The van der Waals surface area contributed by atoms with Gasteiger partial charge in [0.15, 0.2) is 0 Å². The summed E-state index contributed by atoms with van der Waals surface area (Å²) in [7, 11) is 1.67. The average Bonchev–Trinajstić information content (AvgIpc) is 2.29. The number of alkyl halides is 1. The van der Waals surface area contributed by atoms with Crippen LogP contribution in [0.2, 0.25) is 0 Å². The third-order valence-electron chi connectivity index (χ3n) is 2.39. The van der Waals surface area contributed by atoms with Crippen LogP contribution in [0.5, 0.6) is 5.75 Å². The van der Waals surface area contributed by atoms with Gasteiger partial charge in [0.05, 0.1) is 7.11 Å². The van der Waals surface area contributed by atoms with E-state index in [0.717, 1.165) is 23.3 Å². The van der Waals surface area contributed by atoms with E-state index >= 15 is 0 Å². The third kappa shape index (κ3) is 2.05. The van der Waals surface area contributed by atoms with Crippen LogP contribution in [0.4, 0.5) is 0 Å². The summed E-state index contributed by atoms with van der Waals surface area (Å²) in [5, 5.41) is 2.29. The molecule has 0 spiro atoms. The van der Waals surface area contributed by atoms with Crippen molar-refractivity contribution in [2.24, 2.45) is 0 Å². The zero-order chi connectivity index (χ0) is 10.7. The number of halogens is 1. The number of hydrogen-bond donors (Lipinski definition) is 0. The number of rotatable bonds is 3. The molecular formula is C12H12ClNO. The minimum absolute atomic E-state index is 0.587. The molecule has 78 valence electrons. The standard InChI is InChI=1S/C12H12ClNO/c1-15-10-3-2-9-5-7-14-12(4-6-13)11(9)8-10/h2-3,5,7-8H,4,6H2,1H3. The van der Waals surface area contributed by atoms with Crippen LogP contribution in [0, 0.1) is 0 Å². The topological polar surface area (TPSA) is 22.1 Å². The Kier molecular flexibility index (Phi) is 3.07. The maximum Gasteiger partial charge on any atom is 0.119 e. The van der Waals surface area contributed by atoms with Crippen molar-refractivity contribution in [3.8, 4) is 5.75 Å². The Bertz CT molecular complexity index is 470. The first kappa shape index (κ1) is 10.2. The molecule has 0 aliphatic heterocycles. The Hall–Kier alpha value is -1.28. The molecule has 0 atom stereocenters. The molecule has 1 aromatic carbocycles. The molecule has 3 heteroatoms. The predicted molar refractivity (Wildman–Crippen MR) is 62.7 cm³/mol. The Balaban J connectivity index is 2.59. The van der Waals surface area contributed by atoms with E-state index < -0.39 is 0 Å². The molecule has 0 aliphatic rings. The molecule has 2 rings (SSSR count). The van der Waals surface area contributed by atoms with E-state index in [1.807, 2.05) is 30.5 Å². The lowest BCUT2D eigenvalue weighted by Crippen LogP contribution is -1.93. The highest BCUT2D eigenvalue weighted by Crippen LogP contribution is 2.23. The van der Waals surface area contributed by atoms with E-state index in [1.54, 1.807) is 7.11 Å². The second-order valence-corrected chi connectivity index (χ2v) is 3.66. The largest absolute Gasteiger partial charge is 0.497 e. The highest BCUT2D eigenvalue weighted by atomic mass is 35.5. The zero-order valence-electron chi connectivity index (χ0n) is 8.53. The fourth-order valence-corrected chi connectivity index (χ4v) is 1.80. The van der Waals surface area contributed by atoms with Crippen molar-refractivity contribution in [2.75, 3.05) is 13.0 Å². The number of nitrogens with zero attached hydrogens (tertiary/aromatic N) is 1. The molecule has 2 nitrogen and oxygen atoms in total. The first-order valence-corrected chi connectivity index (χ1v) is 5.36. The van der Waals surface area contributed by atoms with Crippen molar-refractivity contribution in [1.82, 2.24) is 4.98 Å². The summed E-state index contributed by atoms with van der Waals surface area (Å²) in [6.07, 6.45) is 2.60. The molecule has 0 unspecified atom stereocenters. The van der Waals surface area contributed by atoms with Gasteiger partial charge < -0.3 is 4.74 Å². The van der Waals surface area contributed by atoms with Gasteiger partial charge in [0.25, 0.3) is 0 Å². The number of aryl methyl sites for hydroxylation is 1. The van der Waals surface area contributed by atoms with Crippen LogP contribution in [0.1, 0.15) is 5.69 Å². The van der Waals surface area contributed by atoms with Crippen LogP contribution in [0.15, 0.2) is 30.5 Å². The Morgan fingerprint density at radius 1 is 1.33 bits per heavy atom. The van der Waals surface area contributed by atoms with E-state index in [1.165, 1.54) is 5.39 Å². The molecule has 2 aromatic rings. The molecule has 0 saturated carbocycles. The predicted octanol–water partition coefficient (Wildman–Crippen LogP) is 3.02. The minimum Gasteiger partial charge on any atom is -0.497 e. The van der Waals surface area contributed by atoms with Gasteiger partial charge >= 0.3 is 0 Å². The van der Waals surface area contributed by atoms with Crippen molar-refractivity contribution >= 4 is 22.4 Å². The molecule has 0 N–H and O–H groups in total. The number of hydrogen-bond acceptors (Lipinski definition) is 2. The lowest BCUT2D eigenvalue weighted by atomic mass is 10.1.